The molecule has 0 aliphatic heterocycles. The molecule has 64 valence electrons. The molecule has 0 unspecified atom stereocenters. The Morgan fingerprint density at radius 1 is 1.64 bits per heavy atom. The van der Waals surface area contributed by atoms with E-state index < -0.39 is 0 Å². The third kappa shape index (κ3) is 7.09. The lowest BCUT2D eigenvalue weighted by atomic mass is 10.6. The molecule has 0 fully saturated rings. The molecule has 0 aromatic carbocycles. The number of allylic oxidation sites excluding steroid dienone is 2. The van der Waals surface area contributed by atoms with Crippen molar-refractivity contribution in [3.8, 4) is 0 Å². The number of methoxy groups -OCH3 is 1. The van der Waals surface area contributed by atoms with E-state index in [1.165, 1.54) is 0 Å². The van der Waals surface area contributed by atoms with Crippen LogP contribution in [-0.4, -0.2) is 32.3 Å². The quantitative estimate of drug-likeness (QED) is 0.349. The lowest BCUT2D eigenvalue weighted by Gasteiger charge is -2.14. The Labute approximate surface area is 68.3 Å². The monoisotopic (exact) mass is 156 g/mol. The Bertz CT molecular complexity index is 123. The minimum atomic E-state index is 0.715. The summed E-state index contributed by atoms with van der Waals surface area (Å²) in [6.07, 6.45) is 5.48. The number of hydrazine groups is 1. The molecular weight excluding hydrogens is 140 g/mol. The van der Waals surface area contributed by atoms with Crippen LogP contribution in [0.5, 0.6) is 0 Å². The van der Waals surface area contributed by atoms with E-state index in [1.54, 1.807) is 13.2 Å². The summed E-state index contributed by atoms with van der Waals surface area (Å²) in [5, 5.41) is 1.86. The number of hydrogen-bond acceptors (Lipinski definition) is 3. The second-order valence-corrected chi connectivity index (χ2v) is 2.09. The van der Waals surface area contributed by atoms with E-state index in [0.717, 1.165) is 6.54 Å². The number of nitrogens with one attached hydrogen (secondary N) is 1. The Balaban J connectivity index is 3.28. The maximum absolute atomic E-state index is 4.86. The summed E-state index contributed by atoms with van der Waals surface area (Å²) in [4.78, 5) is 0. The molecule has 3 heteroatoms. The molecule has 0 rings (SSSR count). The van der Waals surface area contributed by atoms with Gasteiger partial charge in [-0.15, -0.1) is 0 Å². The standard InChI is InChI=1S/C8H16N2O/c1-4-5-7-10(2)9-6-8-11-3/h4-5,7,9H,1,6,8H2,2-3H3/b7-5-. The zero-order chi connectivity index (χ0) is 8.53. The molecule has 0 amide bonds. The zero-order valence-corrected chi connectivity index (χ0v) is 7.21. The fourth-order valence-corrected chi connectivity index (χ4v) is 0.567. The molecule has 11 heavy (non-hydrogen) atoms. The van der Waals surface area contributed by atoms with Crippen molar-refractivity contribution in [2.45, 2.75) is 0 Å². The Kier molecular flexibility index (Phi) is 6.78. The average Bonchev–Trinajstić information content (AvgIpc) is 2.01. The highest BCUT2D eigenvalue weighted by Crippen LogP contribution is 1.78. The van der Waals surface area contributed by atoms with Gasteiger partial charge in [-0.1, -0.05) is 12.7 Å². The van der Waals surface area contributed by atoms with Gasteiger partial charge in [0, 0.05) is 26.9 Å². The normalized spacial score (nSPS) is 10.4. The van der Waals surface area contributed by atoms with Crippen molar-refractivity contribution in [1.29, 1.82) is 0 Å². The average molecular weight is 156 g/mol. The van der Waals surface area contributed by atoms with Crippen molar-refractivity contribution in [3.05, 3.63) is 24.9 Å². The molecule has 0 aliphatic carbocycles. The molecule has 0 saturated carbocycles. The summed E-state index contributed by atoms with van der Waals surface area (Å²) in [5.74, 6) is 0. The van der Waals surface area contributed by atoms with Crippen LogP contribution in [0.1, 0.15) is 0 Å². The fourth-order valence-electron chi connectivity index (χ4n) is 0.567. The molecule has 1 N–H and O–H groups in total. The summed E-state index contributed by atoms with van der Waals surface area (Å²) >= 11 is 0. The second-order valence-electron chi connectivity index (χ2n) is 2.09. The minimum Gasteiger partial charge on any atom is -0.383 e. The van der Waals surface area contributed by atoms with Crippen LogP contribution in [0.2, 0.25) is 0 Å². The van der Waals surface area contributed by atoms with Gasteiger partial charge in [0.25, 0.3) is 0 Å². The highest BCUT2D eigenvalue weighted by Gasteiger charge is 1.86. The number of nitrogens with zero attached hydrogens (tertiary/aromatic N) is 1. The smallest absolute Gasteiger partial charge is 0.0605 e. The molecule has 0 atom stereocenters. The third-order valence-corrected chi connectivity index (χ3v) is 1.11. The Morgan fingerprint density at radius 3 is 2.91 bits per heavy atom. The summed E-state index contributed by atoms with van der Waals surface area (Å²) in [7, 11) is 3.61. The Morgan fingerprint density at radius 2 is 2.36 bits per heavy atom. The highest BCUT2D eigenvalue weighted by atomic mass is 16.5. The molecule has 0 radical (unpaired) electrons. The van der Waals surface area contributed by atoms with Gasteiger partial charge in [0.2, 0.25) is 0 Å². The molecule has 0 spiro atoms. The van der Waals surface area contributed by atoms with Crippen molar-refractivity contribution in [1.82, 2.24) is 10.4 Å². The van der Waals surface area contributed by atoms with Crippen molar-refractivity contribution >= 4 is 0 Å². The first-order chi connectivity index (χ1) is 5.31. The number of ether oxygens (including phenoxy) is 1. The van der Waals surface area contributed by atoms with Gasteiger partial charge in [-0.05, 0) is 6.08 Å². The van der Waals surface area contributed by atoms with Crippen LogP contribution < -0.4 is 5.43 Å². The molecule has 3 nitrogen and oxygen atoms in total. The maximum Gasteiger partial charge on any atom is 0.0605 e. The molecular formula is C8H16N2O. The van der Waals surface area contributed by atoms with Crippen LogP contribution in [0, 0.1) is 0 Å². The van der Waals surface area contributed by atoms with Gasteiger partial charge in [0.05, 0.1) is 6.61 Å². The van der Waals surface area contributed by atoms with E-state index in [4.69, 9.17) is 4.74 Å². The molecule has 0 aliphatic rings. The van der Waals surface area contributed by atoms with E-state index in [0.29, 0.717) is 6.61 Å². The highest BCUT2D eigenvalue weighted by molar-refractivity contribution is 4.95. The molecule has 0 aromatic rings. The van der Waals surface area contributed by atoms with Crippen molar-refractivity contribution in [3.63, 3.8) is 0 Å². The third-order valence-electron chi connectivity index (χ3n) is 1.11. The number of rotatable bonds is 6. The maximum atomic E-state index is 4.86. The number of hydrogen-bond donors (Lipinski definition) is 1. The van der Waals surface area contributed by atoms with Gasteiger partial charge in [0.15, 0.2) is 0 Å². The van der Waals surface area contributed by atoms with Crippen LogP contribution in [0.4, 0.5) is 0 Å². The lowest BCUT2D eigenvalue weighted by molar-refractivity contribution is 0.177. The van der Waals surface area contributed by atoms with E-state index in [9.17, 15) is 0 Å². The molecule has 0 saturated heterocycles. The summed E-state index contributed by atoms with van der Waals surface area (Å²) in [6.45, 7) is 5.09. The SMILES string of the molecule is C=C/C=C\N(C)NCCOC. The second kappa shape index (κ2) is 7.31. The first-order valence-corrected chi connectivity index (χ1v) is 3.55. The van der Waals surface area contributed by atoms with Crippen molar-refractivity contribution in [2.24, 2.45) is 0 Å². The lowest BCUT2D eigenvalue weighted by Crippen LogP contribution is -2.32. The fraction of sp³-hybridized carbons (Fsp3) is 0.500. The predicted molar refractivity (Wildman–Crippen MR) is 47.0 cm³/mol. The van der Waals surface area contributed by atoms with E-state index in [2.05, 4.69) is 12.0 Å². The first-order valence-electron chi connectivity index (χ1n) is 3.55. The van der Waals surface area contributed by atoms with Crippen LogP contribution >= 0.6 is 0 Å². The van der Waals surface area contributed by atoms with Gasteiger partial charge in [-0.25, -0.2) is 5.43 Å². The van der Waals surface area contributed by atoms with Crippen LogP contribution in [0.3, 0.4) is 0 Å². The first kappa shape index (κ1) is 10.2. The largest absolute Gasteiger partial charge is 0.383 e. The Hall–Kier alpha value is -0.800. The van der Waals surface area contributed by atoms with Crippen molar-refractivity contribution < 1.29 is 4.74 Å². The zero-order valence-electron chi connectivity index (χ0n) is 7.21. The molecule has 0 bridgehead atoms. The van der Waals surface area contributed by atoms with Gasteiger partial charge >= 0.3 is 0 Å². The van der Waals surface area contributed by atoms with Crippen LogP contribution in [0.15, 0.2) is 24.9 Å². The minimum absolute atomic E-state index is 0.715. The summed E-state index contributed by atoms with van der Waals surface area (Å²) in [5.41, 5.74) is 3.09. The van der Waals surface area contributed by atoms with Crippen LogP contribution in [0.25, 0.3) is 0 Å². The summed E-state index contributed by atoms with van der Waals surface area (Å²) < 4.78 is 4.86. The van der Waals surface area contributed by atoms with E-state index in [-0.39, 0.29) is 0 Å². The van der Waals surface area contributed by atoms with Crippen LogP contribution in [-0.2, 0) is 4.74 Å². The van der Waals surface area contributed by atoms with Crippen molar-refractivity contribution in [2.75, 3.05) is 27.3 Å². The summed E-state index contributed by atoms with van der Waals surface area (Å²) in [6, 6.07) is 0. The predicted octanol–water partition coefficient (Wildman–Crippen LogP) is 0.769. The van der Waals surface area contributed by atoms with E-state index in [1.807, 2.05) is 24.3 Å². The van der Waals surface area contributed by atoms with Gasteiger partial charge in [-0.2, -0.15) is 0 Å². The molecule has 0 aromatic heterocycles. The van der Waals surface area contributed by atoms with E-state index >= 15 is 0 Å². The van der Waals surface area contributed by atoms with Gasteiger partial charge < -0.3 is 9.75 Å². The van der Waals surface area contributed by atoms with Gasteiger partial charge in [0.1, 0.15) is 0 Å². The topological polar surface area (TPSA) is 24.5 Å². The molecule has 0 heterocycles. The van der Waals surface area contributed by atoms with Gasteiger partial charge in [-0.3, -0.25) is 0 Å².